The van der Waals surface area contributed by atoms with Gasteiger partial charge in [-0.1, -0.05) is 24.3 Å². The number of nitrogens with zero attached hydrogens (tertiary/aromatic N) is 2. The number of ether oxygens (including phenoxy) is 2. The lowest BCUT2D eigenvalue weighted by Crippen LogP contribution is -2.18. The highest BCUT2D eigenvalue weighted by molar-refractivity contribution is 5.84. The van der Waals surface area contributed by atoms with Crippen LogP contribution in [0.15, 0.2) is 76.2 Å². The molecule has 0 aliphatic heterocycles. The first-order valence-corrected chi connectivity index (χ1v) is 9.43. The molecule has 2 aromatic carbocycles. The lowest BCUT2D eigenvalue weighted by molar-refractivity contribution is -0.140. The molecule has 0 saturated carbocycles. The minimum atomic E-state index is -0.825. The van der Waals surface area contributed by atoms with Gasteiger partial charge >= 0.3 is 17.6 Å². The van der Waals surface area contributed by atoms with E-state index in [0.29, 0.717) is 16.7 Å². The van der Waals surface area contributed by atoms with E-state index in [0.717, 1.165) is 0 Å². The lowest BCUT2D eigenvalue weighted by Gasteiger charge is -2.18. The highest BCUT2D eigenvalue weighted by Gasteiger charge is 2.27. The minimum absolute atomic E-state index is 0.0304. The molecule has 2 heterocycles. The lowest BCUT2D eigenvalue weighted by atomic mass is 9.88. The van der Waals surface area contributed by atoms with Crippen LogP contribution >= 0.6 is 0 Å². The van der Waals surface area contributed by atoms with Gasteiger partial charge in [0.1, 0.15) is 17.1 Å². The number of para-hydroxylation sites is 1. The molecule has 1 N–H and O–H groups in total. The zero-order valence-electron chi connectivity index (χ0n) is 16.5. The van der Waals surface area contributed by atoms with E-state index in [1.807, 2.05) is 0 Å². The molecule has 0 unspecified atom stereocenters. The van der Waals surface area contributed by atoms with E-state index in [1.54, 1.807) is 67.0 Å². The Balaban J connectivity index is 1.82. The van der Waals surface area contributed by atoms with Crippen LogP contribution in [-0.2, 0) is 9.53 Å². The Morgan fingerprint density at radius 2 is 1.87 bits per heavy atom. The smallest absolute Gasteiger partial charge is 0.343 e. The molecule has 0 aliphatic rings. The van der Waals surface area contributed by atoms with Gasteiger partial charge in [0.2, 0.25) is 0 Å². The Kier molecular flexibility index (Phi) is 5.61. The van der Waals surface area contributed by atoms with Crippen molar-refractivity contribution < 1.29 is 23.8 Å². The third-order valence-electron chi connectivity index (χ3n) is 4.78. The molecule has 1 atom stereocenters. The second-order valence-corrected chi connectivity index (χ2v) is 6.69. The number of aromatic hydroxyl groups is 1. The van der Waals surface area contributed by atoms with E-state index in [9.17, 15) is 14.7 Å². The maximum Gasteiger partial charge on any atom is 0.343 e. The summed E-state index contributed by atoms with van der Waals surface area (Å²) in [6, 6.07) is 15.2. The largest absolute Gasteiger partial charge is 0.507 e. The summed E-state index contributed by atoms with van der Waals surface area (Å²) >= 11 is 0. The van der Waals surface area contributed by atoms with Crippen molar-refractivity contribution in [1.29, 1.82) is 0 Å². The number of esters is 1. The number of rotatable bonds is 6. The van der Waals surface area contributed by atoms with Gasteiger partial charge in [0, 0.05) is 18.3 Å². The van der Waals surface area contributed by atoms with Gasteiger partial charge in [0.15, 0.2) is 0 Å². The molecule has 0 amide bonds. The molecule has 4 rings (SSSR count). The number of benzene rings is 2. The van der Waals surface area contributed by atoms with Crippen LogP contribution in [0.5, 0.6) is 17.5 Å². The number of hydrogen-bond donors (Lipinski definition) is 1. The second-order valence-electron chi connectivity index (χ2n) is 6.69. The van der Waals surface area contributed by atoms with Crippen molar-refractivity contribution in [1.82, 2.24) is 9.97 Å². The van der Waals surface area contributed by atoms with Crippen molar-refractivity contribution in [3.05, 3.63) is 88.5 Å². The Hall–Kier alpha value is -4.20. The monoisotopic (exact) mass is 418 g/mol. The molecule has 156 valence electrons. The quantitative estimate of drug-likeness (QED) is 0.372. The van der Waals surface area contributed by atoms with Crippen LogP contribution in [0.25, 0.3) is 11.0 Å². The first kappa shape index (κ1) is 20.1. The minimum Gasteiger partial charge on any atom is -0.507 e. The molecule has 31 heavy (non-hydrogen) atoms. The van der Waals surface area contributed by atoms with Crippen LogP contribution in [0.4, 0.5) is 0 Å². The van der Waals surface area contributed by atoms with Gasteiger partial charge in [-0.25, -0.2) is 14.8 Å². The van der Waals surface area contributed by atoms with Crippen molar-refractivity contribution in [3.63, 3.8) is 0 Å². The van der Waals surface area contributed by atoms with Gasteiger partial charge in [0.25, 0.3) is 0 Å². The normalized spacial score (nSPS) is 11.8. The van der Waals surface area contributed by atoms with E-state index in [-0.39, 0.29) is 29.3 Å². The van der Waals surface area contributed by atoms with E-state index < -0.39 is 17.5 Å². The third-order valence-corrected chi connectivity index (χ3v) is 4.78. The van der Waals surface area contributed by atoms with Crippen LogP contribution in [0.3, 0.4) is 0 Å². The Morgan fingerprint density at radius 1 is 1.10 bits per heavy atom. The maximum absolute atomic E-state index is 12.8. The predicted molar refractivity (Wildman–Crippen MR) is 111 cm³/mol. The summed E-state index contributed by atoms with van der Waals surface area (Å²) < 4.78 is 15.9. The summed E-state index contributed by atoms with van der Waals surface area (Å²) in [6.07, 6.45) is 2.91. The first-order chi connectivity index (χ1) is 15.1. The average molecular weight is 418 g/mol. The molecule has 0 spiro atoms. The summed E-state index contributed by atoms with van der Waals surface area (Å²) in [7, 11) is 1.26. The van der Waals surface area contributed by atoms with Crippen LogP contribution in [0.2, 0.25) is 0 Å². The third kappa shape index (κ3) is 4.23. The van der Waals surface area contributed by atoms with Crippen molar-refractivity contribution in [2.45, 2.75) is 12.3 Å². The summed E-state index contributed by atoms with van der Waals surface area (Å²) in [6.45, 7) is 0. The number of hydrogen-bond acceptors (Lipinski definition) is 8. The van der Waals surface area contributed by atoms with E-state index >= 15 is 0 Å². The summed E-state index contributed by atoms with van der Waals surface area (Å²) in [5.41, 5.74) is 0.0422. The van der Waals surface area contributed by atoms with Gasteiger partial charge in [-0.05, 0) is 35.9 Å². The fourth-order valence-electron chi connectivity index (χ4n) is 3.33. The van der Waals surface area contributed by atoms with Crippen LogP contribution in [-0.4, -0.2) is 28.2 Å². The summed E-state index contributed by atoms with van der Waals surface area (Å²) in [5.74, 6) is -1.20. The molecule has 0 aliphatic carbocycles. The van der Waals surface area contributed by atoms with Crippen molar-refractivity contribution in [3.8, 4) is 17.5 Å². The van der Waals surface area contributed by atoms with Gasteiger partial charge in [0.05, 0.1) is 24.5 Å². The molecular formula is C23H18N2O6. The van der Waals surface area contributed by atoms with E-state index in [4.69, 9.17) is 13.9 Å². The first-order valence-electron chi connectivity index (χ1n) is 9.43. The van der Waals surface area contributed by atoms with Crippen molar-refractivity contribution in [2.24, 2.45) is 0 Å². The zero-order valence-corrected chi connectivity index (χ0v) is 16.5. The van der Waals surface area contributed by atoms with Crippen LogP contribution in [0.1, 0.15) is 23.5 Å². The Morgan fingerprint density at radius 3 is 2.65 bits per heavy atom. The van der Waals surface area contributed by atoms with E-state index in [1.165, 1.54) is 7.11 Å². The fourth-order valence-corrected chi connectivity index (χ4v) is 3.33. The number of carbonyl (C=O) groups is 1. The Bertz CT molecular complexity index is 1290. The Labute approximate surface area is 176 Å². The maximum atomic E-state index is 12.8. The summed E-state index contributed by atoms with van der Waals surface area (Å²) in [4.78, 5) is 33.0. The predicted octanol–water partition coefficient (Wildman–Crippen LogP) is 3.78. The topological polar surface area (TPSA) is 112 Å². The second kappa shape index (κ2) is 8.66. The van der Waals surface area contributed by atoms with Gasteiger partial charge < -0.3 is 19.0 Å². The van der Waals surface area contributed by atoms with E-state index in [2.05, 4.69) is 9.97 Å². The van der Waals surface area contributed by atoms with Crippen molar-refractivity contribution >= 4 is 16.9 Å². The standard InChI is InChI=1S/C23H18N2O6/c1-29-19(26)13-17(20-21(27)16-8-2-3-9-18(16)31-22(20)28)14-6-4-7-15(12-14)30-23-24-10-5-11-25-23/h2-12,17,27H,13H2,1H3/t17-/m0/s1. The molecule has 8 nitrogen and oxygen atoms in total. The van der Waals surface area contributed by atoms with Gasteiger partial charge in [-0.3, -0.25) is 4.79 Å². The molecule has 0 fully saturated rings. The number of methoxy groups -OCH3 is 1. The SMILES string of the molecule is COC(=O)C[C@@H](c1cccc(Oc2ncccn2)c1)c1c(O)c2ccccc2oc1=O. The number of carbonyl (C=O) groups excluding carboxylic acids is 1. The van der Waals surface area contributed by atoms with Gasteiger partial charge in [-0.15, -0.1) is 0 Å². The van der Waals surface area contributed by atoms with Crippen molar-refractivity contribution in [2.75, 3.05) is 7.11 Å². The molecule has 4 aromatic rings. The number of fused-ring (bicyclic) bond motifs is 1. The molecule has 2 aromatic heterocycles. The fraction of sp³-hybridized carbons (Fsp3) is 0.130. The molecule has 0 bridgehead atoms. The molecule has 8 heteroatoms. The average Bonchev–Trinajstić information content (AvgIpc) is 2.79. The van der Waals surface area contributed by atoms with Gasteiger partial charge in [-0.2, -0.15) is 0 Å². The molecular weight excluding hydrogens is 400 g/mol. The molecule has 0 saturated heterocycles. The molecule has 0 radical (unpaired) electrons. The number of aromatic nitrogens is 2. The van der Waals surface area contributed by atoms with Crippen LogP contribution < -0.4 is 10.4 Å². The highest BCUT2D eigenvalue weighted by atomic mass is 16.5. The highest BCUT2D eigenvalue weighted by Crippen LogP contribution is 2.37. The summed E-state index contributed by atoms with van der Waals surface area (Å²) in [5, 5.41) is 11.3. The zero-order chi connectivity index (χ0) is 21.8. The van der Waals surface area contributed by atoms with Crippen LogP contribution in [0, 0.1) is 0 Å².